The van der Waals surface area contributed by atoms with Crippen molar-refractivity contribution in [3.8, 4) is 5.75 Å². The van der Waals surface area contributed by atoms with Gasteiger partial charge in [-0.1, -0.05) is 11.6 Å². The lowest BCUT2D eigenvalue weighted by Crippen LogP contribution is -2.28. The molecule has 98 valence electrons. The van der Waals surface area contributed by atoms with Crippen LogP contribution in [0.1, 0.15) is 19.3 Å². The molecule has 1 aromatic rings. The number of rotatable bonds is 5. The third kappa shape index (κ3) is 3.37. The highest BCUT2D eigenvalue weighted by Gasteiger charge is 2.29. The van der Waals surface area contributed by atoms with Crippen LogP contribution in [0.3, 0.4) is 0 Å². The molecule has 0 bridgehead atoms. The van der Waals surface area contributed by atoms with E-state index in [0.29, 0.717) is 28.8 Å². The van der Waals surface area contributed by atoms with Gasteiger partial charge in [-0.25, -0.2) is 0 Å². The zero-order valence-electron chi connectivity index (χ0n) is 10.3. The van der Waals surface area contributed by atoms with Crippen LogP contribution in [0, 0.1) is 5.92 Å². The van der Waals surface area contributed by atoms with Crippen LogP contribution < -0.4 is 15.8 Å². The van der Waals surface area contributed by atoms with Gasteiger partial charge in [-0.05, 0) is 37.0 Å². The molecule has 1 aliphatic rings. The lowest BCUT2D eigenvalue weighted by Gasteiger charge is -2.11. The third-order valence-electron chi connectivity index (χ3n) is 3.08. The van der Waals surface area contributed by atoms with Gasteiger partial charge in [0.1, 0.15) is 5.75 Å². The van der Waals surface area contributed by atoms with Crippen molar-refractivity contribution >= 4 is 23.2 Å². The van der Waals surface area contributed by atoms with Gasteiger partial charge in [0.25, 0.3) is 0 Å². The van der Waals surface area contributed by atoms with Crippen LogP contribution in [0.15, 0.2) is 18.2 Å². The lowest BCUT2D eigenvalue weighted by molar-refractivity contribution is -0.116. The first kappa shape index (κ1) is 13.2. The number of hydrogen-bond acceptors (Lipinski definition) is 3. The monoisotopic (exact) mass is 268 g/mol. The van der Waals surface area contributed by atoms with E-state index in [0.717, 1.165) is 12.8 Å². The molecule has 1 amide bonds. The number of ether oxygens (including phenoxy) is 1. The van der Waals surface area contributed by atoms with Gasteiger partial charge in [0, 0.05) is 18.2 Å². The van der Waals surface area contributed by atoms with E-state index in [4.69, 9.17) is 22.1 Å². The molecule has 0 saturated heterocycles. The molecular weight excluding hydrogens is 252 g/mol. The molecule has 1 saturated carbocycles. The summed E-state index contributed by atoms with van der Waals surface area (Å²) in [7, 11) is 1.55. The molecule has 1 fully saturated rings. The molecule has 0 spiro atoms. The van der Waals surface area contributed by atoms with E-state index in [1.54, 1.807) is 25.3 Å². The van der Waals surface area contributed by atoms with Crippen LogP contribution in [0.4, 0.5) is 5.69 Å². The number of hydrogen-bond donors (Lipinski definition) is 2. The van der Waals surface area contributed by atoms with Gasteiger partial charge in [-0.15, -0.1) is 0 Å². The van der Waals surface area contributed by atoms with Crippen LogP contribution in [0.5, 0.6) is 5.75 Å². The number of benzene rings is 1. The fourth-order valence-corrected chi connectivity index (χ4v) is 2.12. The Hall–Kier alpha value is -1.26. The number of amides is 1. The Kier molecular flexibility index (Phi) is 4.09. The number of nitrogens with two attached hydrogens (primary N) is 1. The Bertz CT molecular complexity index is 447. The normalized spacial score (nSPS) is 16.2. The van der Waals surface area contributed by atoms with Crippen molar-refractivity contribution in [2.45, 2.75) is 25.3 Å². The fraction of sp³-hybridized carbons (Fsp3) is 0.462. The van der Waals surface area contributed by atoms with Gasteiger partial charge < -0.3 is 15.8 Å². The molecule has 0 radical (unpaired) electrons. The van der Waals surface area contributed by atoms with E-state index in [2.05, 4.69) is 5.32 Å². The molecule has 1 atom stereocenters. The van der Waals surface area contributed by atoms with Crippen molar-refractivity contribution in [2.75, 3.05) is 12.4 Å². The second-order valence-electron chi connectivity index (χ2n) is 4.60. The number of carbonyl (C=O) groups is 1. The number of nitrogens with one attached hydrogen (secondary N) is 1. The number of anilines is 1. The second kappa shape index (κ2) is 5.59. The van der Waals surface area contributed by atoms with Gasteiger partial charge in [-0.2, -0.15) is 0 Å². The summed E-state index contributed by atoms with van der Waals surface area (Å²) >= 11 is 5.98. The molecule has 2 rings (SSSR count). The van der Waals surface area contributed by atoms with Crippen LogP contribution in [0.2, 0.25) is 5.02 Å². The highest BCUT2D eigenvalue weighted by Crippen LogP contribution is 2.33. The largest absolute Gasteiger partial charge is 0.495 e. The van der Waals surface area contributed by atoms with Crippen molar-refractivity contribution in [2.24, 2.45) is 11.7 Å². The zero-order valence-corrected chi connectivity index (χ0v) is 11.0. The van der Waals surface area contributed by atoms with Crippen molar-refractivity contribution in [1.82, 2.24) is 0 Å². The maximum absolute atomic E-state index is 11.8. The molecule has 5 heteroatoms. The summed E-state index contributed by atoms with van der Waals surface area (Å²) in [5.41, 5.74) is 6.56. The summed E-state index contributed by atoms with van der Waals surface area (Å²) < 4.78 is 5.04. The molecule has 3 N–H and O–H groups in total. The quantitative estimate of drug-likeness (QED) is 0.862. The Morgan fingerprint density at radius 1 is 1.61 bits per heavy atom. The van der Waals surface area contributed by atoms with Gasteiger partial charge >= 0.3 is 0 Å². The van der Waals surface area contributed by atoms with Crippen molar-refractivity contribution < 1.29 is 9.53 Å². The van der Waals surface area contributed by atoms with E-state index >= 15 is 0 Å². The average Bonchev–Trinajstić information content (AvgIpc) is 3.12. The summed E-state index contributed by atoms with van der Waals surface area (Å²) in [4.78, 5) is 11.8. The minimum absolute atomic E-state index is 0.0290. The summed E-state index contributed by atoms with van der Waals surface area (Å²) in [6.45, 7) is 0. The van der Waals surface area contributed by atoms with Crippen LogP contribution in [-0.4, -0.2) is 19.1 Å². The molecule has 0 heterocycles. The number of halogens is 1. The summed E-state index contributed by atoms with van der Waals surface area (Å²) in [6, 6.07) is 5.11. The van der Waals surface area contributed by atoms with Crippen molar-refractivity contribution in [1.29, 1.82) is 0 Å². The van der Waals surface area contributed by atoms with E-state index in [1.807, 2.05) is 0 Å². The van der Waals surface area contributed by atoms with Crippen molar-refractivity contribution in [3.05, 3.63) is 23.2 Å². The Morgan fingerprint density at radius 3 is 2.89 bits per heavy atom. The third-order valence-corrected chi connectivity index (χ3v) is 3.38. The van der Waals surface area contributed by atoms with E-state index in [9.17, 15) is 4.79 Å². The highest BCUT2D eigenvalue weighted by atomic mass is 35.5. The average molecular weight is 269 g/mol. The van der Waals surface area contributed by atoms with Crippen molar-refractivity contribution in [3.63, 3.8) is 0 Å². The van der Waals surface area contributed by atoms with Gasteiger partial charge in [-0.3, -0.25) is 4.79 Å². The SMILES string of the molecule is COc1ccc(NC(=O)CC(N)C2CC2)cc1Cl. The van der Waals surface area contributed by atoms with E-state index in [-0.39, 0.29) is 11.9 Å². The van der Waals surface area contributed by atoms with E-state index in [1.165, 1.54) is 0 Å². The molecule has 0 aromatic heterocycles. The molecule has 0 aliphatic heterocycles. The topological polar surface area (TPSA) is 64.3 Å². The lowest BCUT2D eigenvalue weighted by atomic mass is 10.1. The first-order chi connectivity index (χ1) is 8.60. The predicted molar refractivity (Wildman–Crippen MR) is 72.0 cm³/mol. The Morgan fingerprint density at radius 2 is 2.33 bits per heavy atom. The van der Waals surface area contributed by atoms with Gasteiger partial charge in [0.05, 0.1) is 12.1 Å². The highest BCUT2D eigenvalue weighted by molar-refractivity contribution is 6.32. The molecule has 18 heavy (non-hydrogen) atoms. The van der Waals surface area contributed by atoms with Crippen LogP contribution in [0.25, 0.3) is 0 Å². The molecule has 1 unspecified atom stereocenters. The minimum Gasteiger partial charge on any atom is -0.495 e. The molecule has 4 nitrogen and oxygen atoms in total. The first-order valence-electron chi connectivity index (χ1n) is 5.99. The molecule has 1 aliphatic carbocycles. The number of methoxy groups -OCH3 is 1. The minimum atomic E-state index is -0.0735. The van der Waals surface area contributed by atoms with Crippen LogP contribution in [-0.2, 0) is 4.79 Å². The Labute approximate surface area is 111 Å². The fourth-order valence-electron chi connectivity index (χ4n) is 1.86. The maximum atomic E-state index is 11.8. The van der Waals surface area contributed by atoms with E-state index < -0.39 is 0 Å². The first-order valence-corrected chi connectivity index (χ1v) is 6.37. The summed E-state index contributed by atoms with van der Waals surface area (Å²) in [5.74, 6) is 1.04. The number of carbonyl (C=O) groups excluding carboxylic acids is 1. The van der Waals surface area contributed by atoms with Gasteiger partial charge in [0.15, 0.2) is 0 Å². The standard InChI is InChI=1S/C13H17ClN2O2/c1-18-12-5-4-9(6-10(12)14)16-13(17)7-11(15)8-2-3-8/h4-6,8,11H,2-3,7,15H2,1H3,(H,16,17). The Balaban J connectivity index is 1.91. The second-order valence-corrected chi connectivity index (χ2v) is 5.01. The summed E-state index contributed by atoms with van der Waals surface area (Å²) in [6.07, 6.45) is 2.64. The summed E-state index contributed by atoms with van der Waals surface area (Å²) in [5, 5.41) is 3.26. The predicted octanol–water partition coefficient (Wildman–Crippen LogP) is 2.41. The smallest absolute Gasteiger partial charge is 0.225 e. The maximum Gasteiger partial charge on any atom is 0.225 e. The zero-order chi connectivity index (χ0) is 13.1. The van der Waals surface area contributed by atoms with Crippen LogP contribution >= 0.6 is 11.6 Å². The van der Waals surface area contributed by atoms with Gasteiger partial charge in [0.2, 0.25) is 5.91 Å². The molecular formula is C13H17ClN2O2. The molecule has 1 aromatic carbocycles.